The highest BCUT2D eigenvalue weighted by atomic mass is 16.3. The van der Waals surface area contributed by atoms with Crippen molar-refractivity contribution in [2.45, 2.75) is 51.7 Å². The van der Waals surface area contributed by atoms with Crippen LogP contribution < -0.4 is 5.32 Å². The molecule has 0 aromatic carbocycles. The van der Waals surface area contributed by atoms with Gasteiger partial charge in [-0.15, -0.1) is 0 Å². The molecule has 0 aromatic rings. The third kappa shape index (κ3) is 2.46. The molecule has 2 unspecified atom stereocenters. The SMILES string of the molecule is CNC1CC(C)(C)CC(C)(O)C1. The second-order valence-electron chi connectivity index (χ2n) is 5.23. The van der Waals surface area contributed by atoms with E-state index >= 15 is 0 Å². The molecule has 0 radical (unpaired) electrons. The Labute approximate surface area is 75.4 Å². The zero-order valence-electron chi connectivity index (χ0n) is 8.65. The van der Waals surface area contributed by atoms with Crippen molar-refractivity contribution in [1.29, 1.82) is 0 Å². The van der Waals surface area contributed by atoms with Crippen LogP contribution in [0.1, 0.15) is 40.0 Å². The first-order valence-corrected chi connectivity index (χ1v) is 4.74. The van der Waals surface area contributed by atoms with Gasteiger partial charge in [-0.05, 0) is 38.6 Å². The first-order valence-electron chi connectivity index (χ1n) is 4.74. The van der Waals surface area contributed by atoms with Crippen molar-refractivity contribution in [1.82, 2.24) is 5.32 Å². The molecule has 1 rings (SSSR count). The van der Waals surface area contributed by atoms with Gasteiger partial charge < -0.3 is 10.4 Å². The van der Waals surface area contributed by atoms with E-state index in [1.807, 2.05) is 14.0 Å². The van der Waals surface area contributed by atoms with Gasteiger partial charge in [0.25, 0.3) is 0 Å². The summed E-state index contributed by atoms with van der Waals surface area (Å²) in [6.45, 7) is 6.40. The van der Waals surface area contributed by atoms with Crippen LogP contribution in [0.3, 0.4) is 0 Å². The molecule has 2 nitrogen and oxygen atoms in total. The minimum atomic E-state index is -0.477. The highest BCUT2D eigenvalue weighted by Crippen LogP contribution is 2.40. The van der Waals surface area contributed by atoms with Gasteiger partial charge in [-0.3, -0.25) is 0 Å². The van der Waals surface area contributed by atoms with Gasteiger partial charge in [-0.1, -0.05) is 13.8 Å². The highest BCUT2D eigenvalue weighted by Gasteiger charge is 2.39. The molecule has 1 fully saturated rings. The lowest BCUT2D eigenvalue weighted by molar-refractivity contribution is -0.0356. The largest absolute Gasteiger partial charge is 0.390 e. The van der Waals surface area contributed by atoms with Crippen molar-refractivity contribution in [2.75, 3.05) is 7.05 Å². The maximum atomic E-state index is 9.97. The molecule has 1 saturated carbocycles. The minimum absolute atomic E-state index is 0.273. The first-order chi connectivity index (χ1) is 5.35. The Hall–Kier alpha value is -0.0800. The van der Waals surface area contributed by atoms with Crippen LogP contribution in [0, 0.1) is 5.41 Å². The summed E-state index contributed by atoms with van der Waals surface area (Å²) in [7, 11) is 1.97. The minimum Gasteiger partial charge on any atom is -0.390 e. The van der Waals surface area contributed by atoms with E-state index in [1.165, 1.54) is 6.42 Å². The van der Waals surface area contributed by atoms with Crippen LogP contribution in [0.25, 0.3) is 0 Å². The lowest BCUT2D eigenvalue weighted by Gasteiger charge is -2.43. The number of nitrogens with one attached hydrogen (secondary N) is 1. The molecule has 0 heterocycles. The second kappa shape index (κ2) is 3.00. The average molecular weight is 171 g/mol. The van der Waals surface area contributed by atoms with Gasteiger partial charge >= 0.3 is 0 Å². The highest BCUT2D eigenvalue weighted by molar-refractivity contribution is 4.93. The lowest BCUT2D eigenvalue weighted by Crippen LogP contribution is -2.47. The summed E-state index contributed by atoms with van der Waals surface area (Å²) in [6, 6.07) is 0.476. The van der Waals surface area contributed by atoms with Gasteiger partial charge in [0, 0.05) is 6.04 Å². The number of rotatable bonds is 1. The van der Waals surface area contributed by atoms with Crippen LogP contribution >= 0.6 is 0 Å². The fourth-order valence-corrected chi connectivity index (χ4v) is 2.65. The third-order valence-electron chi connectivity index (χ3n) is 2.75. The van der Waals surface area contributed by atoms with Gasteiger partial charge in [-0.25, -0.2) is 0 Å². The van der Waals surface area contributed by atoms with E-state index < -0.39 is 5.60 Å². The van der Waals surface area contributed by atoms with Crippen LogP contribution in [-0.2, 0) is 0 Å². The molecule has 1 aliphatic carbocycles. The Morgan fingerprint density at radius 1 is 1.25 bits per heavy atom. The maximum Gasteiger partial charge on any atom is 0.0639 e. The zero-order valence-corrected chi connectivity index (χ0v) is 8.65. The van der Waals surface area contributed by atoms with E-state index in [2.05, 4.69) is 19.2 Å². The predicted octanol–water partition coefficient (Wildman–Crippen LogP) is 1.54. The molecule has 1 aliphatic rings. The van der Waals surface area contributed by atoms with E-state index in [9.17, 15) is 5.11 Å². The van der Waals surface area contributed by atoms with Crippen LogP contribution in [0.4, 0.5) is 0 Å². The Balaban J connectivity index is 2.66. The molecule has 2 atom stereocenters. The maximum absolute atomic E-state index is 9.97. The molecule has 0 bridgehead atoms. The summed E-state index contributed by atoms with van der Waals surface area (Å²) < 4.78 is 0. The fraction of sp³-hybridized carbons (Fsp3) is 1.00. The van der Waals surface area contributed by atoms with E-state index in [0.29, 0.717) is 6.04 Å². The Morgan fingerprint density at radius 2 is 1.83 bits per heavy atom. The molecule has 0 aliphatic heterocycles. The molecule has 2 N–H and O–H groups in total. The molecule has 72 valence electrons. The second-order valence-corrected chi connectivity index (χ2v) is 5.23. The molecular formula is C10H21NO. The average Bonchev–Trinajstić information content (AvgIpc) is 1.80. The number of hydrogen-bond donors (Lipinski definition) is 2. The van der Waals surface area contributed by atoms with Gasteiger partial charge in [0.05, 0.1) is 5.60 Å². The van der Waals surface area contributed by atoms with Gasteiger partial charge in [0.15, 0.2) is 0 Å². The van der Waals surface area contributed by atoms with Gasteiger partial charge in [-0.2, -0.15) is 0 Å². The van der Waals surface area contributed by atoms with E-state index in [-0.39, 0.29) is 5.41 Å². The molecule has 2 heteroatoms. The normalized spacial score (nSPS) is 41.2. The van der Waals surface area contributed by atoms with Crippen molar-refractivity contribution >= 4 is 0 Å². The topological polar surface area (TPSA) is 32.3 Å². The van der Waals surface area contributed by atoms with Crippen LogP contribution in [-0.4, -0.2) is 23.8 Å². The fourth-order valence-electron chi connectivity index (χ4n) is 2.65. The van der Waals surface area contributed by atoms with E-state index in [1.54, 1.807) is 0 Å². The summed E-state index contributed by atoms with van der Waals surface area (Å²) >= 11 is 0. The lowest BCUT2D eigenvalue weighted by atomic mass is 9.68. The van der Waals surface area contributed by atoms with Crippen molar-refractivity contribution < 1.29 is 5.11 Å². The zero-order chi connectivity index (χ0) is 9.41. The Kier molecular flexibility index (Phi) is 2.50. The van der Waals surface area contributed by atoms with Crippen molar-refractivity contribution in [3.63, 3.8) is 0 Å². The molecule has 0 spiro atoms. The van der Waals surface area contributed by atoms with Crippen LogP contribution in [0.2, 0.25) is 0 Å². The molecule has 0 aromatic heterocycles. The van der Waals surface area contributed by atoms with Crippen LogP contribution in [0.15, 0.2) is 0 Å². The number of hydrogen-bond acceptors (Lipinski definition) is 2. The standard InChI is InChI=1S/C10H21NO/c1-9(2)5-8(11-4)6-10(3,12)7-9/h8,11-12H,5-7H2,1-4H3. The van der Waals surface area contributed by atoms with Crippen LogP contribution in [0.5, 0.6) is 0 Å². The summed E-state index contributed by atoms with van der Waals surface area (Å²) in [6.07, 6.45) is 2.96. The summed E-state index contributed by atoms with van der Waals surface area (Å²) in [5.41, 5.74) is -0.204. The Bertz CT molecular complexity index is 147. The quantitative estimate of drug-likeness (QED) is 0.627. The summed E-state index contributed by atoms with van der Waals surface area (Å²) in [4.78, 5) is 0. The smallest absolute Gasteiger partial charge is 0.0639 e. The number of aliphatic hydroxyl groups is 1. The first kappa shape index (κ1) is 10.0. The Morgan fingerprint density at radius 3 is 2.25 bits per heavy atom. The van der Waals surface area contributed by atoms with E-state index in [4.69, 9.17) is 0 Å². The van der Waals surface area contributed by atoms with E-state index in [0.717, 1.165) is 12.8 Å². The van der Waals surface area contributed by atoms with Gasteiger partial charge in [0.1, 0.15) is 0 Å². The van der Waals surface area contributed by atoms with Gasteiger partial charge in [0.2, 0.25) is 0 Å². The molecule has 0 amide bonds. The molecule has 0 saturated heterocycles. The summed E-state index contributed by atoms with van der Waals surface area (Å²) in [5, 5.41) is 13.2. The molecule has 12 heavy (non-hydrogen) atoms. The van der Waals surface area contributed by atoms with Crippen molar-refractivity contribution in [2.24, 2.45) is 5.41 Å². The third-order valence-corrected chi connectivity index (χ3v) is 2.75. The van der Waals surface area contributed by atoms with Crippen molar-refractivity contribution in [3.8, 4) is 0 Å². The predicted molar refractivity (Wildman–Crippen MR) is 51.1 cm³/mol. The summed E-state index contributed by atoms with van der Waals surface area (Å²) in [5.74, 6) is 0. The molecular weight excluding hydrogens is 150 g/mol. The van der Waals surface area contributed by atoms with Crippen molar-refractivity contribution in [3.05, 3.63) is 0 Å². The monoisotopic (exact) mass is 171 g/mol.